The maximum absolute atomic E-state index is 13.7. The topological polar surface area (TPSA) is 73.8 Å². The van der Waals surface area contributed by atoms with Gasteiger partial charge in [-0.1, -0.05) is 6.07 Å². The van der Waals surface area contributed by atoms with Gasteiger partial charge < -0.3 is 5.73 Å². The van der Waals surface area contributed by atoms with Crippen LogP contribution in [0.3, 0.4) is 0 Å². The first-order valence-corrected chi connectivity index (χ1v) is 5.66. The first-order chi connectivity index (χ1) is 9.58. The van der Waals surface area contributed by atoms with Gasteiger partial charge in [0.25, 0.3) is 0 Å². The molecule has 5 nitrogen and oxygen atoms in total. The molecule has 1 amide bonds. The first kappa shape index (κ1) is 12.2. The molecular formula is C13H8F2N4O. The van der Waals surface area contributed by atoms with Gasteiger partial charge in [-0.25, -0.2) is 13.6 Å². The number of primary amides is 1. The minimum Gasteiger partial charge on any atom is -0.350 e. The van der Waals surface area contributed by atoms with Gasteiger partial charge in [-0.2, -0.15) is 9.78 Å². The zero-order valence-corrected chi connectivity index (χ0v) is 10.0. The van der Waals surface area contributed by atoms with Crippen LogP contribution in [0.2, 0.25) is 0 Å². The Labute approximate surface area is 111 Å². The van der Waals surface area contributed by atoms with Gasteiger partial charge in [-0.3, -0.25) is 4.98 Å². The van der Waals surface area contributed by atoms with Crippen LogP contribution in [0.15, 0.2) is 36.7 Å². The van der Waals surface area contributed by atoms with Crippen molar-refractivity contribution in [3.63, 3.8) is 0 Å². The summed E-state index contributed by atoms with van der Waals surface area (Å²) < 4.78 is 27.9. The van der Waals surface area contributed by atoms with Crippen molar-refractivity contribution >= 4 is 16.9 Å². The Bertz CT molecular complexity index is 828. The van der Waals surface area contributed by atoms with Crippen LogP contribution >= 0.6 is 0 Å². The zero-order valence-electron chi connectivity index (χ0n) is 10.0. The van der Waals surface area contributed by atoms with E-state index in [0.29, 0.717) is 10.9 Å². The normalized spacial score (nSPS) is 10.9. The lowest BCUT2D eigenvalue weighted by atomic mass is 10.1. The summed E-state index contributed by atoms with van der Waals surface area (Å²) in [5.41, 5.74) is 5.83. The van der Waals surface area contributed by atoms with Crippen molar-refractivity contribution in [2.75, 3.05) is 0 Å². The number of nitrogens with zero attached hydrogens (tertiary/aromatic N) is 3. The molecule has 3 rings (SSSR count). The smallest absolute Gasteiger partial charge is 0.340 e. The maximum atomic E-state index is 13.7. The second kappa shape index (κ2) is 4.37. The number of fused-ring (bicyclic) bond motifs is 1. The Morgan fingerprint density at radius 3 is 2.80 bits per heavy atom. The van der Waals surface area contributed by atoms with Gasteiger partial charge in [0.05, 0.1) is 23.6 Å². The molecule has 0 aliphatic rings. The highest BCUT2D eigenvalue weighted by atomic mass is 19.2. The molecule has 3 aromatic rings. The van der Waals surface area contributed by atoms with Crippen molar-refractivity contribution in [3.8, 4) is 11.3 Å². The van der Waals surface area contributed by atoms with Gasteiger partial charge in [-0.15, -0.1) is 0 Å². The number of rotatable bonds is 1. The molecule has 0 saturated carbocycles. The molecule has 20 heavy (non-hydrogen) atoms. The lowest BCUT2D eigenvalue weighted by Crippen LogP contribution is -2.20. The second-order valence-electron chi connectivity index (χ2n) is 4.12. The molecule has 0 bridgehead atoms. The molecule has 0 aliphatic heterocycles. The number of halogens is 2. The number of benzene rings is 1. The molecule has 0 atom stereocenters. The van der Waals surface area contributed by atoms with E-state index >= 15 is 0 Å². The number of carbonyl (C=O) groups is 1. The van der Waals surface area contributed by atoms with E-state index in [-0.39, 0.29) is 11.3 Å². The number of hydrogen-bond acceptors (Lipinski definition) is 3. The predicted molar refractivity (Wildman–Crippen MR) is 67.9 cm³/mol. The van der Waals surface area contributed by atoms with Gasteiger partial charge in [0.2, 0.25) is 0 Å². The number of amides is 1. The van der Waals surface area contributed by atoms with Gasteiger partial charge in [0.15, 0.2) is 11.6 Å². The SMILES string of the molecule is NC(=O)n1ncc2cc(-c3cccc(F)c3F)ncc21. The molecule has 0 unspecified atom stereocenters. The molecule has 0 saturated heterocycles. The number of pyridine rings is 1. The van der Waals surface area contributed by atoms with Crippen molar-refractivity contribution < 1.29 is 13.6 Å². The van der Waals surface area contributed by atoms with E-state index in [0.717, 1.165) is 10.7 Å². The Morgan fingerprint density at radius 2 is 2.05 bits per heavy atom. The largest absolute Gasteiger partial charge is 0.350 e. The van der Waals surface area contributed by atoms with Crippen LogP contribution in [0.4, 0.5) is 13.6 Å². The third-order valence-electron chi connectivity index (χ3n) is 2.89. The van der Waals surface area contributed by atoms with Crippen LogP contribution in [-0.2, 0) is 0 Å². The minimum absolute atomic E-state index is 0.0405. The first-order valence-electron chi connectivity index (χ1n) is 5.66. The molecule has 1 aromatic carbocycles. The summed E-state index contributed by atoms with van der Waals surface area (Å²) in [4.78, 5) is 15.1. The molecule has 100 valence electrons. The monoisotopic (exact) mass is 274 g/mol. The van der Waals surface area contributed by atoms with Crippen molar-refractivity contribution in [1.82, 2.24) is 14.8 Å². The summed E-state index contributed by atoms with van der Waals surface area (Å²) in [5, 5.41) is 4.36. The van der Waals surface area contributed by atoms with Crippen molar-refractivity contribution in [3.05, 3.63) is 48.3 Å². The molecule has 0 spiro atoms. The summed E-state index contributed by atoms with van der Waals surface area (Å²) in [6.07, 6.45) is 2.75. The van der Waals surface area contributed by atoms with Gasteiger partial charge in [-0.05, 0) is 18.2 Å². The van der Waals surface area contributed by atoms with E-state index in [2.05, 4.69) is 10.1 Å². The number of nitrogens with two attached hydrogens (primary N) is 1. The summed E-state index contributed by atoms with van der Waals surface area (Å²) in [6.45, 7) is 0. The van der Waals surface area contributed by atoms with E-state index in [4.69, 9.17) is 5.73 Å². The van der Waals surface area contributed by atoms with Gasteiger partial charge in [0, 0.05) is 10.9 Å². The highest BCUT2D eigenvalue weighted by Crippen LogP contribution is 2.25. The Hall–Kier alpha value is -2.83. The molecule has 0 aliphatic carbocycles. The fourth-order valence-electron chi connectivity index (χ4n) is 1.95. The van der Waals surface area contributed by atoms with Crippen molar-refractivity contribution in [1.29, 1.82) is 0 Å². The van der Waals surface area contributed by atoms with Crippen molar-refractivity contribution in [2.24, 2.45) is 5.73 Å². The third kappa shape index (κ3) is 1.80. The molecule has 0 fully saturated rings. The van der Waals surface area contributed by atoms with E-state index < -0.39 is 17.7 Å². The van der Waals surface area contributed by atoms with E-state index in [9.17, 15) is 13.6 Å². The number of carbonyl (C=O) groups excluding carboxylic acids is 1. The highest BCUT2D eigenvalue weighted by molar-refractivity contribution is 5.90. The van der Waals surface area contributed by atoms with Crippen molar-refractivity contribution in [2.45, 2.75) is 0 Å². The average molecular weight is 274 g/mol. The van der Waals surface area contributed by atoms with Crippen LogP contribution in [0.25, 0.3) is 22.2 Å². The quantitative estimate of drug-likeness (QED) is 0.740. The molecule has 0 radical (unpaired) electrons. The molecule has 2 N–H and O–H groups in total. The van der Waals surface area contributed by atoms with Crippen LogP contribution < -0.4 is 5.73 Å². The van der Waals surface area contributed by atoms with E-state index in [1.807, 2.05) is 0 Å². The summed E-state index contributed by atoms with van der Waals surface area (Å²) in [6, 6.07) is 4.62. The van der Waals surface area contributed by atoms with Gasteiger partial charge in [0.1, 0.15) is 0 Å². The molecule has 2 heterocycles. The Morgan fingerprint density at radius 1 is 1.25 bits per heavy atom. The second-order valence-corrected chi connectivity index (χ2v) is 4.12. The Kier molecular flexibility index (Phi) is 2.67. The Balaban J connectivity index is 2.19. The van der Waals surface area contributed by atoms with Gasteiger partial charge >= 0.3 is 6.03 Å². The zero-order chi connectivity index (χ0) is 14.3. The minimum atomic E-state index is -0.971. The number of aromatic nitrogens is 3. The summed E-state index contributed by atoms with van der Waals surface area (Å²) in [5.74, 6) is -1.92. The third-order valence-corrected chi connectivity index (χ3v) is 2.89. The molecule has 2 aromatic heterocycles. The van der Waals surface area contributed by atoms with E-state index in [1.165, 1.54) is 30.6 Å². The highest BCUT2D eigenvalue weighted by Gasteiger charge is 2.13. The lowest BCUT2D eigenvalue weighted by Gasteiger charge is -2.03. The fourth-order valence-corrected chi connectivity index (χ4v) is 1.95. The summed E-state index contributed by atoms with van der Waals surface area (Å²) >= 11 is 0. The lowest BCUT2D eigenvalue weighted by molar-refractivity contribution is 0.248. The summed E-state index contributed by atoms with van der Waals surface area (Å²) in [7, 11) is 0. The van der Waals surface area contributed by atoms with Crippen LogP contribution in [0.1, 0.15) is 0 Å². The average Bonchev–Trinajstić information content (AvgIpc) is 2.85. The fraction of sp³-hybridized carbons (Fsp3) is 0. The standard InChI is InChI=1S/C13H8F2N4O/c14-9-3-1-2-8(12(9)15)10-4-7-5-18-19(13(16)20)11(7)6-17-10/h1-6H,(H2,16,20). The van der Waals surface area contributed by atoms with Crippen LogP contribution in [0, 0.1) is 11.6 Å². The van der Waals surface area contributed by atoms with Crippen LogP contribution in [0.5, 0.6) is 0 Å². The molecule has 7 heteroatoms. The maximum Gasteiger partial charge on any atom is 0.340 e. The van der Waals surface area contributed by atoms with E-state index in [1.54, 1.807) is 0 Å². The predicted octanol–water partition coefficient (Wildman–Crippen LogP) is 2.30. The number of hydrogen-bond donors (Lipinski definition) is 1. The molecular weight excluding hydrogens is 266 g/mol. The van der Waals surface area contributed by atoms with Crippen LogP contribution in [-0.4, -0.2) is 20.8 Å².